The van der Waals surface area contributed by atoms with Crippen molar-refractivity contribution >= 4 is 40.3 Å². The summed E-state index contributed by atoms with van der Waals surface area (Å²) in [6.07, 6.45) is 0.979. The van der Waals surface area contributed by atoms with E-state index in [1.807, 2.05) is 0 Å². The van der Waals surface area contributed by atoms with E-state index in [1.54, 1.807) is 34.4 Å². The molecule has 6 heteroatoms. The maximum atomic E-state index is 11.4. The number of amides is 1. The van der Waals surface area contributed by atoms with Gasteiger partial charge in [0.1, 0.15) is 5.01 Å². The molecule has 1 N–H and O–H groups in total. The van der Waals surface area contributed by atoms with Gasteiger partial charge in [-0.3, -0.25) is 4.79 Å². The second-order valence-electron chi connectivity index (χ2n) is 4.00. The van der Waals surface area contributed by atoms with E-state index in [-0.39, 0.29) is 5.91 Å². The fraction of sp³-hybridized carbons (Fsp3) is 0.385. The Balaban J connectivity index is 1.76. The number of aromatic nitrogens is 1. The summed E-state index contributed by atoms with van der Waals surface area (Å²) in [5, 5.41) is 10.2. The van der Waals surface area contributed by atoms with Gasteiger partial charge in [0, 0.05) is 28.6 Å². The molecule has 0 saturated heterocycles. The van der Waals surface area contributed by atoms with Crippen LogP contribution in [0, 0.1) is 0 Å². The number of thiophene rings is 1. The highest BCUT2D eigenvalue weighted by molar-refractivity contribution is 7.99. The molecule has 102 valence electrons. The second-order valence-corrected chi connectivity index (χ2v) is 6.62. The van der Waals surface area contributed by atoms with E-state index in [0.717, 1.165) is 29.4 Å². The molecule has 0 aliphatic heterocycles. The molecule has 0 radical (unpaired) electrons. The van der Waals surface area contributed by atoms with Gasteiger partial charge < -0.3 is 5.32 Å². The quantitative estimate of drug-likeness (QED) is 0.849. The summed E-state index contributed by atoms with van der Waals surface area (Å²) >= 11 is 4.95. The minimum Gasteiger partial charge on any atom is -0.355 e. The number of carbonyl (C=O) groups excluding carboxylic acids is 1. The average molecular weight is 312 g/mol. The predicted molar refractivity (Wildman–Crippen MR) is 84.9 cm³/mol. The first-order chi connectivity index (χ1) is 9.29. The van der Waals surface area contributed by atoms with Gasteiger partial charge in [-0.25, -0.2) is 4.98 Å². The highest BCUT2D eigenvalue weighted by Gasteiger charge is 2.06. The third kappa shape index (κ3) is 4.63. The SMILES string of the molecule is CCCNC(=O)CSCc1csc(-c2ccsc2)n1. The van der Waals surface area contributed by atoms with Gasteiger partial charge in [-0.2, -0.15) is 11.3 Å². The van der Waals surface area contributed by atoms with Gasteiger partial charge in [-0.05, 0) is 17.9 Å². The zero-order chi connectivity index (χ0) is 13.5. The zero-order valence-electron chi connectivity index (χ0n) is 10.7. The van der Waals surface area contributed by atoms with Crippen molar-refractivity contribution in [1.82, 2.24) is 10.3 Å². The Hall–Kier alpha value is -0.850. The molecule has 1 amide bonds. The number of thioether (sulfide) groups is 1. The summed E-state index contributed by atoms with van der Waals surface area (Å²) in [5.41, 5.74) is 2.24. The van der Waals surface area contributed by atoms with Crippen LogP contribution >= 0.6 is 34.4 Å². The number of hydrogen-bond donors (Lipinski definition) is 1. The van der Waals surface area contributed by atoms with Crippen LogP contribution in [0.5, 0.6) is 0 Å². The lowest BCUT2D eigenvalue weighted by Crippen LogP contribution is -2.25. The van der Waals surface area contributed by atoms with Crippen molar-refractivity contribution in [2.75, 3.05) is 12.3 Å². The fourth-order valence-electron chi connectivity index (χ4n) is 1.46. The standard InChI is InChI=1S/C13H16N2OS3/c1-2-4-14-12(16)9-18-7-11-8-19-13(15-11)10-3-5-17-6-10/h3,5-6,8H,2,4,7,9H2,1H3,(H,14,16). The van der Waals surface area contributed by atoms with Crippen molar-refractivity contribution in [3.63, 3.8) is 0 Å². The van der Waals surface area contributed by atoms with Crippen molar-refractivity contribution in [1.29, 1.82) is 0 Å². The Bertz CT molecular complexity index is 508. The Labute approximate surface area is 125 Å². The van der Waals surface area contributed by atoms with Crippen LogP contribution in [0.3, 0.4) is 0 Å². The highest BCUT2D eigenvalue weighted by atomic mass is 32.2. The van der Waals surface area contributed by atoms with Crippen molar-refractivity contribution in [3.05, 3.63) is 27.9 Å². The Morgan fingerprint density at radius 2 is 2.37 bits per heavy atom. The first-order valence-corrected chi connectivity index (χ1v) is 9.08. The van der Waals surface area contributed by atoms with Crippen molar-refractivity contribution in [2.45, 2.75) is 19.1 Å². The highest BCUT2D eigenvalue weighted by Crippen LogP contribution is 2.26. The van der Waals surface area contributed by atoms with E-state index in [2.05, 4.69) is 39.4 Å². The normalized spacial score (nSPS) is 10.6. The topological polar surface area (TPSA) is 42.0 Å². The summed E-state index contributed by atoms with van der Waals surface area (Å²) in [7, 11) is 0. The van der Waals surface area contributed by atoms with E-state index < -0.39 is 0 Å². The molecule has 2 aromatic rings. The molecule has 2 aromatic heterocycles. The first kappa shape index (κ1) is 14.6. The van der Waals surface area contributed by atoms with E-state index >= 15 is 0 Å². The lowest BCUT2D eigenvalue weighted by atomic mass is 10.4. The molecule has 2 heterocycles. The maximum absolute atomic E-state index is 11.4. The molecular formula is C13H16N2OS3. The van der Waals surface area contributed by atoms with E-state index in [0.29, 0.717) is 5.75 Å². The van der Waals surface area contributed by atoms with Crippen molar-refractivity contribution in [2.24, 2.45) is 0 Å². The summed E-state index contributed by atoms with van der Waals surface area (Å²) in [4.78, 5) is 16.0. The monoisotopic (exact) mass is 312 g/mol. The third-order valence-electron chi connectivity index (χ3n) is 2.38. The molecule has 0 bridgehead atoms. The molecule has 0 aliphatic carbocycles. The smallest absolute Gasteiger partial charge is 0.230 e. The lowest BCUT2D eigenvalue weighted by molar-refractivity contribution is -0.118. The van der Waals surface area contributed by atoms with Gasteiger partial charge in [0.25, 0.3) is 0 Å². The molecule has 0 atom stereocenters. The van der Waals surface area contributed by atoms with Gasteiger partial charge in [0.2, 0.25) is 5.91 Å². The second kappa shape index (κ2) is 7.67. The van der Waals surface area contributed by atoms with Gasteiger partial charge in [0.05, 0.1) is 11.4 Å². The largest absolute Gasteiger partial charge is 0.355 e. The van der Waals surface area contributed by atoms with E-state index in [4.69, 9.17) is 0 Å². The molecule has 0 unspecified atom stereocenters. The summed E-state index contributed by atoms with van der Waals surface area (Å²) in [6.45, 7) is 2.81. The summed E-state index contributed by atoms with van der Waals surface area (Å²) < 4.78 is 0. The number of nitrogens with one attached hydrogen (secondary N) is 1. The van der Waals surface area contributed by atoms with Crippen LogP contribution in [-0.4, -0.2) is 23.2 Å². The molecule has 2 rings (SSSR count). The Morgan fingerprint density at radius 1 is 1.47 bits per heavy atom. The van der Waals surface area contributed by atoms with Crippen molar-refractivity contribution in [3.8, 4) is 10.6 Å². The Kier molecular flexibility index (Phi) is 5.88. The van der Waals surface area contributed by atoms with Crippen LogP contribution in [0.4, 0.5) is 0 Å². The number of nitrogens with zero attached hydrogens (tertiary/aromatic N) is 1. The van der Waals surface area contributed by atoms with Crippen molar-refractivity contribution < 1.29 is 4.79 Å². The predicted octanol–water partition coefficient (Wildman–Crippen LogP) is 3.63. The summed E-state index contributed by atoms with van der Waals surface area (Å²) in [6, 6.07) is 2.08. The number of hydrogen-bond acceptors (Lipinski definition) is 5. The van der Waals surface area contributed by atoms with Crippen LogP contribution in [0.15, 0.2) is 22.2 Å². The fourth-order valence-corrected chi connectivity index (χ4v) is 3.84. The van der Waals surface area contributed by atoms with Gasteiger partial charge in [-0.15, -0.1) is 23.1 Å². The lowest BCUT2D eigenvalue weighted by Gasteiger charge is -2.01. The van der Waals surface area contributed by atoms with E-state index in [9.17, 15) is 4.79 Å². The number of carbonyl (C=O) groups is 1. The number of rotatable bonds is 7. The molecule has 0 fully saturated rings. The van der Waals surface area contributed by atoms with Gasteiger partial charge in [-0.1, -0.05) is 6.92 Å². The summed E-state index contributed by atoms with van der Waals surface area (Å²) in [5.74, 6) is 1.41. The van der Waals surface area contributed by atoms with Gasteiger partial charge in [0.15, 0.2) is 0 Å². The molecule has 0 saturated carbocycles. The maximum Gasteiger partial charge on any atom is 0.230 e. The molecule has 19 heavy (non-hydrogen) atoms. The van der Waals surface area contributed by atoms with Crippen LogP contribution in [0.25, 0.3) is 10.6 Å². The molecule has 0 aromatic carbocycles. The van der Waals surface area contributed by atoms with Crippen LogP contribution < -0.4 is 5.32 Å². The van der Waals surface area contributed by atoms with Crippen LogP contribution in [-0.2, 0) is 10.5 Å². The third-order valence-corrected chi connectivity index (χ3v) is 4.96. The molecule has 0 spiro atoms. The van der Waals surface area contributed by atoms with Crippen LogP contribution in [0.2, 0.25) is 0 Å². The number of thiazole rings is 1. The minimum absolute atomic E-state index is 0.111. The molecule has 3 nitrogen and oxygen atoms in total. The first-order valence-electron chi connectivity index (χ1n) is 6.11. The molecular weight excluding hydrogens is 296 g/mol. The average Bonchev–Trinajstić information content (AvgIpc) is 3.06. The van der Waals surface area contributed by atoms with Crippen LogP contribution in [0.1, 0.15) is 19.0 Å². The molecule has 0 aliphatic rings. The Morgan fingerprint density at radius 3 is 3.11 bits per heavy atom. The van der Waals surface area contributed by atoms with Gasteiger partial charge >= 0.3 is 0 Å². The minimum atomic E-state index is 0.111. The van der Waals surface area contributed by atoms with E-state index in [1.165, 1.54) is 5.56 Å². The zero-order valence-corrected chi connectivity index (χ0v) is 13.2.